The summed E-state index contributed by atoms with van der Waals surface area (Å²) in [6.45, 7) is 1.14. The zero-order valence-electron chi connectivity index (χ0n) is 16.7. The number of nitrogens with zero attached hydrogens (tertiary/aromatic N) is 1. The standard InChI is InChI=1S/C22H26N2O5S/c25-19-10-13-24(14-11-19)22(27)16-17-6-8-18(9-7-17)23-21(26)12-15-30(28,29)20-4-2-1-3-5-20/h1-9,19,25H,10-16H2,(H,23,26). The van der Waals surface area contributed by atoms with Gasteiger partial charge in [0.2, 0.25) is 11.8 Å². The smallest absolute Gasteiger partial charge is 0.226 e. The Bertz CT molecular complexity index is 966. The molecule has 0 radical (unpaired) electrons. The molecule has 1 saturated heterocycles. The number of sulfone groups is 1. The molecule has 2 amide bonds. The first kappa shape index (κ1) is 22.0. The van der Waals surface area contributed by atoms with Crippen molar-refractivity contribution in [2.24, 2.45) is 0 Å². The van der Waals surface area contributed by atoms with Crippen LogP contribution in [-0.4, -0.2) is 55.2 Å². The highest BCUT2D eigenvalue weighted by Gasteiger charge is 2.21. The normalized spacial score (nSPS) is 15.0. The molecule has 0 unspecified atom stereocenters. The first-order valence-corrected chi connectivity index (χ1v) is 11.6. The Morgan fingerprint density at radius 3 is 2.27 bits per heavy atom. The largest absolute Gasteiger partial charge is 0.393 e. The average molecular weight is 431 g/mol. The fourth-order valence-corrected chi connectivity index (χ4v) is 4.57. The minimum atomic E-state index is -3.50. The average Bonchev–Trinajstić information content (AvgIpc) is 2.75. The summed E-state index contributed by atoms with van der Waals surface area (Å²) < 4.78 is 24.5. The molecule has 7 nitrogen and oxygen atoms in total. The van der Waals surface area contributed by atoms with E-state index in [9.17, 15) is 23.1 Å². The molecule has 1 heterocycles. The second-order valence-corrected chi connectivity index (χ2v) is 9.52. The summed E-state index contributed by atoms with van der Waals surface area (Å²) in [5, 5.41) is 12.2. The summed E-state index contributed by atoms with van der Waals surface area (Å²) in [4.78, 5) is 26.4. The molecule has 0 atom stereocenters. The van der Waals surface area contributed by atoms with Crippen LogP contribution in [-0.2, 0) is 25.8 Å². The molecule has 0 spiro atoms. The maximum absolute atomic E-state index is 12.4. The van der Waals surface area contributed by atoms with Gasteiger partial charge in [-0.25, -0.2) is 8.42 Å². The Labute approximate surface area is 176 Å². The number of aliphatic hydroxyl groups excluding tert-OH is 1. The summed E-state index contributed by atoms with van der Waals surface area (Å²) in [5.41, 5.74) is 1.38. The number of nitrogens with one attached hydrogen (secondary N) is 1. The Kier molecular flexibility index (Phi) is 7.23. The van der Waals surface area contributed by atoms with Crippen LogP contribution in [0, 0.1) is 0 Å². The van der Waals surface area contributed by atoms with E-state index >= 15 is 0 Å². The molecule has 1 fully saturated rings. The number of hydrogen-bond acceptors (Lipinski definition) is 5. The Hall–Kier alpha value is -2.71. The predicted octanol–water partition coefficient (Wildman–Crippen LogP) is 2.01. The van der Waals surface area contributed by atoms with Crippen molar-refractivity contribution < 1.29 is 23.1 Å². The lowest BCUT2D eigenvalue weighted by Crippen LogP contribution is -2.40. The topological polar surface area (TPSA) is 104 Å². The van der Waals surface area contributed by atoms with Gasteiger partial charge < -0.3 is 15.3 Å². The summed E-state index contributed by atoms with van der Waals surface area (Å²) in [6.07, 6.45) is 1.02. The lowest BCUT2D eigenvalue weighted by atomic mass is 10.1. The molecular formula is C22H26N2O5S. The van der Waals surface area contributed by atoms with Crippen LogP contribution in [0.15, 0.2) is 59.5 Å². The number of carbonyl (C=O) groups excluding carboxylic acids is 2. The van der Waals surface area contributed by atoms with Crippen molar-refractivity contribution in [3.63, 3.8) is 0 Å². The van der Waals surface area contributed by atoms with E-state index in [2.05, 4.69) is 5.32 Å². The van der Waals surface area contributed by atoms with Crippen LogP contribution in [0.1, 0.15) is 24.8 Å². The van der Waals surface area contributed by atoms with E-state index in [-0.39, 0.29) is 41.4 Å². The van der Waals surface area contributed by atoms with Crippen LogP contribution < -0.4 is 5.32 Å². The number of likely N-dealkylation sites (tertiary alicyclic amines) is 1. The van der Waals surface area contributed by atoms with Crippen LogP contribution in [0.3, 0.4) is 0 Å². The molecule has 30 heavy (non-hydrogen) atoms. The third-order valence-electron chi connectivity index (χ3n) is 5.11. The van der Waals surface area contributed by atoms with Crippen molar-refractivity contribution in [2.75, 3.05) is 24.2 Å². The lowest BCUT2D eigenvalue weighted by molar-refractivity contribution is -0.132. The SMILES string of the molecule is O=C(CCS(=O)(=O)c1ccccc1)Nc1ccc(CC(=O)N2CCC(O)CC2)cc1. The Balaban J connectivity index is 1.48. The van der Waals surface area contributed by atoms with E-state index in [0.29, 0.717) is 31.6 Å². The van der Waals surface area contributed by atoms with Crippen molar-refractivity contribution in [1.29, 1.82) is 0 Å². The van der Waals surface area contributed by atoms with Gasteiger partial charge in [0.15, 0.2) is 9.84 Å². The van der Waals surface area contributed by atoms with Crippen molar-refractivity contribution in [3.8, 4) is 0 Å². The lowest BCUT2D eigenvalue weighted by Gasteiger charge is -2.29. The molecule has 0 aliphatic carbocycles. The van der Waals surface area contributed by atoms with Crippen LogP contribution in [0.25, 0.3) is 0 Å². The van der Waals surface area contributed by atoms with Crippen molar-refractivity contribution in [1.82, 2.24) is 4.90 Å². The second-order valence-electron chi connectivity index (χ2n) is 7.42. The molecule has 1 aliphatic heterocycles. The van der Waals surface area contributed by atoms with Crippen molar-refractivity contribution in [3.05, 3.63) is 60.2 Å². The number of aliphatic hydroxyl groups is 1. The van der Waals surface area contributed by atoms with Crippen molar-refractivity contribution in [2.45, 2.75) is 36.7 Å². The molecule has 2 N–H and O–H groups in total. The third-order valence-corrected chi connectivity index (χ3v) is 6.84. The molecule has 8 heteroatoms. The number of carbonyl (C=O) groups is 2. The fourth-order valence-electron chi connectivity index (χ4n) is 3.30. The molecule has 2 aromatic carbocycles. The van der Waals surface area contributed by atoms with Gasteiger partial charge in [-0.2, -0.15) is 0 Å². The summed E-state index contributed by atoms with van der Waals surface area (Å²) in [5.74, 6) is -0.630. The number of anilines is 1. The molecule has 0 aromatic heterocycles. The predicted molar refractivity (Wildman–Crippen MR) is 114 cm³/mol. The fraction of sp³-hybridized carbons (Fsp3) is 0.364. The van der Waals surface area contributed by atoms with E-state index in [1.807, 2.05) is 0 Å². The van der Waals surface area contributed by atoms with Crippen LogP contribution in [0.4, 0.5) is 5.69 Å². The highest BCUT2D eigenvalue weighted by atomic mass is 32.2. The zero-order valence-corrected chi connectivity index (χ0v) is 17.5. The van der Waals surface area contributed by atoms with Crippen LogP contribution >= 0.6 is 0 Å². The summed E-state index contributed by atoms with van der Waals surface area (Å²) in [7, 11) is -3.50. The highest BCUT2D eigenvalue weighted by Crippen LogP contribution is 2.15. The molecule has 2 aromatic rings. The maximum Gasteiger partial charge on any atom is 0.226 e. The molecule has 0 saturated carbocycles. The quantitative estimate of drug-likeness (QED) is 0.699. The van der Waals surface area contributed by atoms with Gasteiger partial charge in [0.1, 0.15) is 0 Å². The minimum Gasteiger partial charge on any atom is -0.393 e. The molecule has 1 aliphatic rings. The second kappa shape index (κ2) is 9.86. The molecular weight excluding hydrogens is 404 g/mol. The number of amides is 2. The van der Waals surface area contributed by atoms with Gasteiger partial charge >= 0.3 is 0 Å². The molecule has 160 valence electrons. The highest BCUT2D eigenvalue weighted by molar-refractivity contribution is 7.91. The van der Waals surface area contributed by atoms with E-state index in [1.165, 1.54) is 12.1 Å². The Morgan fingerprint density at radius 2 is 1.63 bits per heavy atom. The van der Waals surface area contributed by atoms with Crippen LogP contribution in [0.2, 0.25) is 0 Å². The number of rotatable bonds is 7. The first-order chi connectivity index (χ1) is 14.3. The summed E-state index contributed by atoms with van der Waals surface area (Å²) >= 11 is 0. The summed E-state index contributed by atoms with van der Waals surface area (Å²) in [6, 6.07) is 15.0. The van der Waals surface area contributed by atoms with Crippen molar-refractivity contribution >= 4 is 27.3 Å². The van der Waals surface area contributed by atoms with Gasteiger partial charge in [-0.1, -0.05) is 30.3 Å². The number of benzene rings is 2. The van der Waals surface area contributed by atoms with Gasteiger partial charge in [-0.15, -0.1) is 0 Å². The monoisotopic (exact) mass is 430 g/mol. The van der Waals surface area contributed by atoms with E-state index in [4.69, 9.17) is 0 Å². The van der Waals surface area contributed by atoms with E-state index in [0.717, 1.165) is 5.56 Å². The number of hydrogen-bond donors (Lipinski definition) is 2. The van der Waals surface area contributed by atoms with Gasteiger partial charge in [0.25, 0.3) is 0 Å². The van der Waals surface area contributed by atoms with Crippen LogP contribution in [0.5, 0.6) is 0 Å². The van der Waals surface area contributed by atoms with Gasteiger partial charge in [-0.05, 0) is 42.7 Å². The molecule has 0 bridgehead atoms. The van der Waals surface area contributed by atoms with Gasteiger partial charge in [-0.3, -0.25) is 9.59 Å². The zero-order chi connectivity index (χ0) is 21.6. The first-order valence-electron chi connectivity index (χ1n) is 9.96. The van der Waals surface area contributed by atoms with E-state index in [1.54, 1.807) is 47.4 Å². The minimum absolute atomic E-state index is 0.0183. The van der Waals surface area contributed by atoms with E-state index < -0.39 is 9.84 Å². The number of piperidine rings is 1. The van der Waals surface area contributed by atoms with Gasteiger partial charge in [0, 0.05) is 25.2 Å². The van der Waals surface area contributed by atoms with Gasteiger partial charge in [0.05, 0.1) is 23.2 Å². The maximum atomic E-state index is 12.4. The molecule has 3 rings (SSSR count). The Morgan fingerprint density at radius 1 is 1.00 bits per heavy atom. The third kappa shape index (κ3) is 6.14.